The van der Waals surface area contributed by atoms with Crippen LogP contribution in [0.2, 0.25) is 19.6 Å². The number of hydrogen-bond acceptors (Lipinski definition) is 1. The molecule has 0 atom stereocenters. The van der Waals surface area contributed by atoms with Gasteiger partial charge in [0.25, 0.3) is 0 Å². The minimum absolute atomic E-state index is 0.338. The summed E-state index contributed by atoms with van der Waals surface area (Å²) in [5.41, 5.74) is 0.789. The van der Waals surface area contributed by atoms with Gasteiger partial charge >= 0.3 is 0 Å². The minimum Gasteiger partial charge on any atom is -0.542 e. The predicted molar refractivity (Wildman–Crippen MR) is 60.0 cm³/mol. The topological polar surface area (TPSA) is 9.23 Å². The van der Waals surface area contributed by atoms with Crippen molar-refractivity contribution >= 4 is 14.1 Å². The van der Waals surface area contributed by atoms with Gasteiger partial charge < -0.3 is 4.43 Å². The van der Waals surface area contributed by atoms with E-state index in [4.69, 9.17) is 4.43 Å². The molecule has 76 valence electrons. The van der Waals surface area contributed by atoms with Gasteiger partial charge in [0.1, 0.15) is 12.1 Å². The second kappa shape index (κ2) is 4.42. The highest BCUT2D eigenvalue weighted by Gasteiger charge is 2.18. The summed E-state index contributed by atoms with van der Waals surface area (Å²) in [7, 11) is -1.73. The maximum Gasteiger partial charge on any atom is 0.242 e. The van der Waals surface area contributed by atoms with Gasteiger partial charge in [0.2, 0.25) is 8.32 Å². The zero-order valence-electron chi connectivity index (χ0n) is 8.75. The van der Waals surface area contributed by atoms with Gasteiger partial charge in [-0.2, -0.15) is 0 Å². The summed E-state index contributed by atoms with van der Waals surface area (Å²) in [6.07, 6.45) is 0.535. The van der Waals surface area contributed by atoms with Crippen LogP contribution in [-0.2, 0) is 4.43 Å². The lowest BCUT2D eigenvalue weighted by molar-refractivity contribution is 0.500. The normalized spacial score (nSPS) is 12.7. The van der Waals surface area contributed by atoms with E-state index in [0.29, 0.717) is 12.1 Å². The van der Waals surface area contributed by atoms with Crippen LogP contribution in [0.5, 0.6) is 0 Å². The Morgan fingerprint density at radius 1 is 1.21 bits per heavy atom. The van der Waals surface area contributed by atoms with Crippen LogP contribution in [0.4, 0.5) is 4.39 Å². The van der Waals surface area contributed by atoms with Crippen LogP contribution in [0, 0.1) is 0 Å². The minimum atomic E-state index is -1.73. The molecule has 0 aliphatic carbocycles. The standard InChI is InChI=1S/C11H15FOSi/c1-14(2,3)13-11(9-12)10-7-5-4-6-8-10/h4-9H,1-3H3/b11-9+. The van der Waals surface area contributed by atoms with Crippen LogP contribution in [0.15, 0.2) is 36.7 Å². The van der Waals surface area contributed by atoms with Gasteiger partial charge in [-0.05, 0) is 19.6 Å². The quantitative estimate of drug-likeness (QED) is 0.544. The van der Waals surface area contributed by atoms with Crippen LogP contribution < -0.4 is 0 Å². The molecule has 3 heteroatoms. The van der Waals surface area contributed by atoms with Crippen molar-refractivity contribution in [3.63, 3.8) is 0 Å². The van der Waals surface area contributed by atoms with Gasteiger partial charge in [-0.25, -0.2) is 4.39 Å². The van der Waals surface area contributed by atoms with Gasteiger partial charge in [-0.3, -0.25) is 0 Å². The Morgan fingerprint density at radius 3 is 2.21 bits per heavy atom. The molecule has 1 rings (SSSR count). The van der Waals surface area contributed by atoms with Crippen molar-refractivity contribution in [2.24, 2.45) is 0 Å². The summed E-state index contributed by atoms with van der Waals surface area (Å²) >= 11 is 0. The monoisotopic (exact) mass is 210 g/mol. The molecule has 0 bridgehead atoms. The van der Waals surface area contributed by atoms with Crippen LogP contribution in [0.25, 0.3) is 5.76 Å². The molecule has 0 saturated heterocycles. The second-order valence-corrected chi connectivity index (χ2v) is 8.48. The molecule has 14 heavy (non-hydrogen) atoms. The Labute approximate surface area is 85.3 Å². The maximum atomic E-state index is 12.6. The van der Waals surface area contributed by atoms with Crippen molar-refractivity contribution in [1.82, 2.24) is 0 Å². The highest BCUT2D eigenvalue weighted by Crippen LogP contribution is 2.20. The largest absolute Gasteiger partial charge is 0.542 e. The average molecular weight is 210 g/mol. The fourth-order valence-electron chi connectivity index (χ4n) is 1.08. The lowest BCUT2D eigenvalue weighted by Crippen LogP contribution is -2.24. The van der Waals surface area contributed by atoms with E-state index in [1.807, 2.05) is 50.0 Å². The molecule has 0 unspecified atom stereocenters. The summed E-state index contributed by atoms with van der Waals surface area (Å²) in [4.78, 5) is 0. The number of hydrogen-bond donors (Lipinski definition) is 0. The number of benzene rings is 1. The van der Waals surface area contributed by atoms with Gasteiger partial charge in [0.05, 0.1) is 0 Å². The third-order valence-electron chi connectivity index (χ3n) is 1.57. The molecule has 0 radical (unpaired) electrons. The molecule has 0 aromatic heterocycles. The fourth-order valence-corrected chi connectivity index (χ4v) is 1.90. The van der Waals surface area contributed by atoms with E-state index in [9.17, 15) is 4.39 Å². The summed E-state index contributed by atoms with van der Waals surface area (Å²) in [5.74, 6) is 0.338. The molecular formula is C11H15FOSi. The molecular weight excluding hydrogens is 195 g/mol. The second-order valence-electron chi connectivity index (χ2n) is 4.05. The van der Waals surface area contributed by atoms with Crippen LogP contribution >= 0.6 is 0 Å². The van der Waals surface area contributed by atoms with E-state index in [2.05, 4.69) is 0 Å². The Balaban J connectivity index is 2.85. The van der Waals surface area contributed by atoms with Gasteiger partial charge in [-0.15, -0.1) is 0 Å². The van der Waals surface area contributed by atoms with Crippen molar-refractivity contribution in [1.29, 1.82) is 0 Å². The first-order valence-electron chi connectivity index (χ1n) is 4.58. The smallest absolute Gasteiger partial charge is 0.242 e. The molecule has 0 N–H and O–H groups in total. The van der Waals surface area contributed by atoms with Gasteiger partial charge in [-0.1, -0.05) is 30.3 Å². The van der Waals surface area contributed by atoms with E-state index in [0.717, 1.165) is 5.56 Å². The Bertz CT molecular complexity index is 314. The summed E-state index contributed by atoms with van der Waals surface area (Å²) in [5, 5.41) is 0. The molecule has 1 nitrogen and oxygen atoms in total. The van der Waals surface area contributed by atoms with Crippen molar-refractivity contribution in [2.45, 2.75) is 19.6 Å². The van der Waals surface area contributed by atoms with Gasteiger partial charge in [0, 0.05) is 5.56 Å². The van der Waals surface area contributed by atoms with Crippen molar-refractivity contribution in [3.05, 3.63) is 42.2 Å². The first-order valence-corrected chi connectivity index (χ1v) is 7.98. The Morgan fingerprint density at radius 2 is 1.79 bits per heavy atom. The average Bonchev–Trinajstić information content (AvgIpc) is 2.14. The van der Waals surface area contributed by atoms with Crippen LogP contribution in [0.1, 0.15) is 5.56 Å². The van der Waals surface area contributed by atoms with Crippen molar-refractivity contribution in [2.75, 3.05) is 0 Å². The number of halogens is 1. The molecule has 0 aliphatic rings. The fraction of sp³-hybridized carbons (Fsp3) is 0.273. The highest BCUT2D eigenvalue weighted by atomic mass is 28.4. The van der Waals surface area contributed by atoms with E-state index in [1.165, 1.54) is 0 Å². The predicted octanol–water partition coefficient (Wildman–Crippen LogP) is 3.81. The van der Waals surface area contributed by atoms with Crippen molar-refractivity contribution in [3.8, 4) is 0 Å². The number of rotatable bonds is 3. The Kier molecular flexibility index (Phi) is 3.47. The molecule has 0 aliphatic heterocycles. The van der Waals surface area contributed by atoms with Crippen molar-refractivity contribution < 1.29 is 8.82 Å². The lowest BCUT2D eigenvalue weighted by Gasteiger charge is -2.20. The van der Waals surface area contributed by atoms with Gasteiger partial charge in [0.15, 0.2) is 0 Å². The molecule has 1 aromatic rings. The van der Waals surface area contributed by atoms with E-state index < -0.39 is 8.32 Å². The third kappa shape index (κ3) is 3.34. The molecule has 0 spiro atoms. The molecule has 0 heterocycles. The zero-order valence-corrected chi connectivity index (χ0v) is 9.75. The summed E-state index contributed by atoms with van der Waals surface area (Å²) < 4.78 is 18.2. The summed E-state index contributed by atoms with van der Waals surface area (Å²) in [6.45, 7) is 6.08. The molecule has 0 saturated carbocycles. The SMILES string of the molecule is C[Si](C)(C)O/C(=C/F)c1ccccc1. The lowest BCUT2D eigenvalue weighted by atomic mass is 10.2. The van der Waals surface area contributed by atoms with E-state index >= 15 is 0 Å². The zero-order chi connectivity index (χ0) is 10.6. The van der Waals surface area contributed by atoms with Crippen LogP contribution in [-0.4, -0.2) is 8.32 Å². The maximum absolute atomic E-state index is 12.6. The summed E-state index contributed by atoms with van der Waals surface area (Å²) in [6, 6.07) is 9.31. The third-order valence-corrected chi connectivity index (χ3v) is 2.41. The molecule has 0 fully saturated rings. The Hall–Kier alpha value is -1.09. The first-order chi connectivity index (χ1) is 6.53. The first kappa shape index (κ1) is 11.0. The molecule has 1 aromatic carbocycles. The van der Waals surface area contributed by atoms with E-state index in [1.54, 1.807) is 0 Å². The van der Waals surface area contributed by atoms with E-state index in [-0.39, 0.29) is 0 Å². The molecule has 0 amide bonds. The van der Waals surface area contributed by atoms with Crippen LogP contribution in [0.3, 0.4) is 0 Å². The highest BCUT2D eigenvalue weighted by molar-refractivity contribution is 6.70.